The second-order valence-corrected chi connectivity index (χ2v) is 4.03. The van der Waals surface area contributed by atoms with Crippen LogP contribution in [-0.2, 0) is 4.74 Å². The van der Waals surface area contributed by atoms with Crippen LogP contribution in [0.3, 0.4) is 0 Å². The zero-order valence-corrected chi connectivity index (χ0v) is 10.5. The molecule has 1 aromatic carbocycles. The van der Waals surface area contributed by atoms with Crippen molar-refractivity contribution in [2.45, 2.75) is 6.92 Å². The number of nitrogens with two attached hydrogens (primary N) is 1. The minimum absolute atomic E-state index is 0.326. The lowest BCUT2D eigenvalue weighted by atomic mass is 10.2. The number of halogens is 1. The van der Waals surface area contributed by atoms with Crippen molar-refractivity contribution in [3.63, 3.8) is 0 Å². The first kappa shape index (κ1) is 12.4. The summed E-state index contributed by atoms with van der Waals surface area (Å²) in [5.41, 5.74) is 7.37. The largest absolute Gasteiger partial charge is 0.462 e. The van der Waals surface area contributed by atoms with E-state index in [1.54, 1.807) is 31.3 Å². The summed E-state index contributed by atoms with van der Waals surface area (Å²) in [5, 5.41) is 4.54. The molecular formula is C12H12ClN3O2. The lowest BCUT2D eigenvalue weighted by molar-refractivity contribution is 0.0526. The van der Waals surface area contributed by atoms with Gasteiger partial charge in [0.05, 0.1) is 34.8 Å². The monoisotopic (exact) mass is 265 g/mol. The number of rotatable bonds is 3. The van der Waals surface area contributed by atoms with Crippen molar-refractivity contribution < 1.29 is 9.53 Å². The van der Waals surface area contributed by atoms with Crippen LogP contribution in [-0.4, -0.2) is 22.4 Å². The predicted molar refractivity (Wildman–Crippen MR) is 68.9 cm³/mol. The highest BCUT2D eigenvalue weighted by molar-refractivity contribution is 6.30. The Morgan fingerprint density at radius 3 is 2.94 bits per heavy atom. The normalized spacial score (nSPS) is 10.3. The number of esters is 1. The van der Waals surface area contributed by atoms with Crippen molar-refractivity contribution in [3.05, 3.63) is 41.2 Å². The van der Waals surface area contributed by atoms with Gasteiger partial charge < -0.3 is 10.5 Å². The van der Waals surface area contributed by atoms with Crippen LogP contribution in [0.1, 0.15) is 17.3 Å². The third-order valence-electron chi connectivity index (χ3n) is 2.34. The van der Waals surface area contributed by atoms with Crippen LogP contribution in [0.5, 0.6) is 0 Å². The summed E-state index contributed by atoms with van der Waals surface area (Å²) in [7, 11) is 0. The molecule has 0 aliphatic carbocycles. The Hall–Kier alpha value is -2.01. The fourth-order valence-electron chi connectivity index (χ4n) is 1.52. The van der Waals surface area contributed by atoms with Crippen LogP contribution in [0, 0.1) is 0 Å². The molecule has 0 unspecified atom stereocenters. The van der Waals surface area contributed by atoms with Gasteiger partial charge in [-0.2, -0.15) is 5.10 Å². The number of carbonyl (C=O) groups excluding carboxylic acids is 1. The molecule has 18 heavy (non-hydrogen) atoms. The van der Waals surface area contributed by atoms with Gasteiger partial charge in [-0.1, -0.05) is 11.6 Å². The van der Waals surface area contributed by atoms with E-state index in [9.17, 15) is 4.79 Å². The molecule has 0 saturated heterocycles. The second kappa shape index (κ2) is 5.10. The van der Waals surface area contributed by atoms with E-state index in [4.69, 9.17) is 22.1 Å². The third kappa shape index (κ3) is 2.46. The molecule has 0 radical (unpaired) electrons. The van der Waals surface area contributed by atoms with Crippen LogP contribution < -0.4 is 5.73 Å². The van der Waals surface area contributed by atoms with Gasteiger partial charge in [0.1, 0.15) is 0 Å². The molecule has 1 aromatic heterocycles. The zero-order chi connectivity index (χ0) is 13.1. The molecule has 0 fully saturated rings. The lowest BCUT2D eigenvalue weighted by Crippen LogP contribution is -2.07. The lowest BCUT2D eigenvalue weighted by Gasteiger charge is -2.08. The molecule has 2 rings (SSSR count). The molecule has 0 aliphatic heterocycles. The minimum atomic E-state index is -0.392. The van der Waals surface area contributed by atoms with Gasteiger partial charge in [-0.15, -0.1) is 0 Å². The van der Waals surface area contributed by atoms with Crippen LogP contribution in [0.4, 0.5) is 5.69 Å². The molecule has 6 heteroatoms. The quantitative estimate of drug-likeness (QED) is 0.683. The van der Waals surface area contributed by atoms with Crippen molar-refractivity contribution in [2.75, 3.05) is 12.3 Å². The molecule has 1 heterocycles. The van der Waals surface area contributed by atoms with Gasteiger partial charge in [0.15, 0.2) is 0 Å². The summed E-state index contributed by atoms with van der Waals surface area (Å²) in [6.45, 7) is 2.08. The Morgan fingerprint density at radius 2 is 2.33 bits per heavy atom. The molecule has 94 valence electrons. The molecule has 0 saturated carbocycles. The van der Waals surface area contributed by atoms with Crippen molar-refractivity contribution in [3.8, 4) is 5.69 Å². The average molecular weight is 266 g/mol. The van der Waals surface area contributed by atoms with E-state index in [1.807, 2.05) is 0 Å². The van der Waals surface area contributed by atoms with E-state index >= 15 is 0 Å². The van der Waals surface area contributed by atoms with Gasteiger partial charge in [0.25, 0.3) is 0 Å². The molecule has 0 aliphatic rings. The Labute approximate surface area is 109 Å². The molecule has 0 bridgehead atoms. The van der Waals surface area contributed by atoms with Crippen molar-refractivity contribution in [1.29, 1.82) is 0 Å². The summed E-state index contributed by atoms with van der Waals surface area (Å²) in [6.07, 6.45) is 3.11. The van der Waals surface area contributed by atoms with Crippen LogP contribution >= 0.6 is 11.6 Å². The van der Waals surface area contributed by atoms with Crippen LogP contribution in [0.15, 0.2) is 30.6 Å². The molecule has 0 atom stereocenters. The molecular weight excluding hydrogens is 254 g/mol. The summed E-state index contributed by atoms with van der Waals surface area (Å²) in [4.78, 5) is 11.6. The fourth-order valence-corrected chi connectivity index (χ4v) is 1.65. The number of carbonyl (C=O) groups is 1. The van der Waals surface area contributed by atoms with Crippen molar-refractivity contribution in [1.82, 2.24) is 9.78 Å². The number of aromatic nitrogens is 2. The number of ether oxygens (including phenoxy) is 1. The molecule has 0 spiro atoms. The highest BCUT2D eigenvalue weighted by Crippen LogP contribution is 2.20. The van der Waals surface area contributed by atoms with Gasteiger partial charge >= 0.3 is 5.97 Å². The summed E-state index contributed by atoms with van der Waals surface area (Å²) >= 11 is 5.80. The number of hydrogen-bond acceptors (Lipinski definition) is 4. The molecule has 2 N–H and O–H groups in total. The third-order valence-corrected chi connectivity index (χ3v) is 2.53. The van der Waals surface area contributed by atoms with E-state index in [0.29, 0.717) is 28.6 Å². The van der Waals surface area contributed by atoms with Crippen LogP contribution in [0.25, 0.3) is 5.69 Å². The fraction of sp³-hybridized carbons (Fsp3) is 0.167. The first-order valence-electron chi connectivity index (χ1n) is 5.39. The number of anilines is 1. The molecule has 2 aromatic rings. The smallest absolute Gasteiger partial charge is 0.338 e. The maximum Gasteiger partial charge on any atom is 0.338 e. The number of hydrogen-bond donors (Lipinski definition) is 1. The number of benzene rings is 1. The van der Waals surface area contributed by atoms with Gasteiger partial charge in [-0.05, 0) is 25.1 Å². The maximum absolute atomic E-state index is 11.6. The SMILES string of the molecule is CCOC(=O)c1ccc(N)c(-n2cc(Cl)cn2)c1. The highest BCUT2D eigenvalue weighted by Gasteiger charge is 2.11. The topological polar surface area (TPSA) is 70.1 Å². The first-order chi connectivity index (χ1) is 8.61. The van der Waals surface area contributed by atoms with Gasteiger partial charge in [0.2, 0.25) is 0 Å². The van der Waals surface area contributed by atoms with E-state index < -0.39 is 5.97 Å². The Balaban J connectivity index is 2.41. The average Bonchev–Trinajstić information content (AvgIpc) is 2.76. The van der Waals surface area contributed by atoms with Crippen molar-refractivity contribution >= 4 is 23.3 Å². The van der Waals surface area contributed by atoms with Crippen LogP contribution in [0.2, 0.25) is 5.02 Å². The predicted octanol–water partition coefficient (Wildman–Crippen LogP) is 2.28. The minimum Gasteiger partial charge on any atom is -0.462 e. The van der Waals surface area contributed by atoms with Gasteiger partial charge in [-0.3, -0.25) is 0 Å². The van der Waals surface area contributed by atoms with E-state index in [-0.39, 0.29) is 0 Å². The number of nitrogen functional groups attached to an aromatic ring is 1. The zero-order valence-electron chi connectivity index (χ0n) is 9.76. The van der Waals surface area contributed by atoms with E-state index in [1.165, 1.54) is 10.9 Å². The number of nitrogens with zero attached hydrogens (tertiary/aromatic N) is 2. The first-order valence-corrected chi connectivity index (χ1v) is 5.77. The van der Waals surface area contributed by atoms with E-state index in [0.717, 1.165) is 0 Å². The van der Waals surface area contributed by atoms with Crippen molar-refractivity contribution in [2.24, 2.45) is 0 Å². The summed E-state index contributed by atoms with van der Waals surface area (Å²) in [5.74, 6) is -0.392. The van der Waals surface area contributed by atoms with Gasteiger partial charge in [0, 0.05) is 6.20 Å². The molecule has 0 amide bonds. The standard InChI is InChI=1S/C12H12ClN3O2/c1-2-18-12(17)8-3-4-10(14)11(5-8)16-7-9(13)6-15-16/h3-7H,2,14H2,1H3. The van der Waals surface area contributed by atoms with Gasteiger partial charge in [-0.25, -0.2) is 9.48 Å². The Bertz CT molecular complexity index is 580. The Kier molecular flexibility index (Phi) is 3.53. The Morgan fingerprint density at radius 1 is 1.56 bits per heavy atom. The second-order valence-electron chi connectivity index (χ2n) is 3.60. The van der Waals surface area contributed by atoms with E-state index in [2.05, 4.69) is 5.10 Å². The summed E-state index contributed by atoms with van der Waals surface area (Å²) in [6, 6.07) is 4.87. The highest BCUT2D eigenvalue weighted by atomic mass is 35.5. The maximum atomic E-state index is 11.6. The molecule has 5 nitrogen and oxygen atoms in total. The summed E-state index contributed by atoms with van der Waals surface area (Å²) < 4.78 is 6.44.